The van der Waals surface area contributed by atoms with Crippen molar-refractivity contribution in [2.24, 2.45) is 7.05 Å². The van der Waals surface area contributed by atoms with Crippen LogP contribution in [0.4, 0.5) is 24.7 Å². The lowest BCUT2D eigenvalue weighted by Crippen LogP contribution is -2.03. The van der Waals surface area contributed by atoms with Crippen molar-refractivity contribution in [1.29, 1.82) is 0 Å². The number of aryl methyl sites for hydroxylation is 3. The first kappa shape index (κ1) is 16.1. The van der Waals surface area contributed by atoms with Crippen LogP contribution in [0, 0.1) is 31.3 Å². The Labute approximate surface area is 137 Å². The molecule has 124 valence electrons. The van der Waals surface area contributed by atoms with Crippen LogP contribution in [0.1, 0.15) is 11.3 Å². The topological polar surface area (TPSA) is 29.9 Å². The lowest BCUT2D eigenvalue weighted by atomic mass is 10.0. The molecule has 1 N–H and O–H groups in total. The van der Waals surface area contributed by atoms with Gasteiger partial charge in [-0.15, -0.1) is 0 Å². The second kappa shape index (κ2) is 6.03. The van der Waals surface area contributed by atoms with Crippen LogP contribution in [0.2, 0.25) is 0 Å². The quantitative estimate of drug-likeness (QED) is 0.742. The molecule has 0 aliphatic heterocycles. The molecule has 0 bridgehead atoms. The lowest BCUT2D eigenvalue weighted by Gasteiger charge is -2.13. The smallest absolute Gasteiger partial charge is 0.146 e. The van der Waals surface area contributed by atoms with Crippen molar-refractivity contribution >= 4 is 11.5 Å². The normalized spacial score (nSPS) is 10.9. The number of hydrogen-bond donors (Lipinski definition) is 1. The Balaban J connectivity index is 2.16. The zero-order chi connectivity index (χ0) is 17.4. The van der Waals surface area contributed by atoms with Crippen molar-refractivity contribution in [3.05, 3.63) is 65.1 Å². The summed E-state index contributed by atoms with van der Waals surface area (Å²) in [6.07, 6.45) is 0. The van der Waals surface area contributed by atoms with E-state index in [9.17, 15) is 13.2 Å². The molecule has 0 aliphatic carbocycles. The Morgan fingerprint density at radius 3 is 2.42 bits per heavy atom. The van der Waals surface area contributed by atoms with Gasteiger partial charge in [0.1, 0.15) is 23.3 Å². The van der Waals surface area contributed by atoms with E-state index in [0.717, 1.165) is 6.07 Å². The summed E-state index contributed by atoms with van der Waals surface area (Å²) in [6.45, 7) is 3.49. The van der Waals surface area contributed by atoms with Crippen molar-refractivity contribution in [2.45, 2.75) is 13.8 Å². The van der Waals surface area contributed by atoms with E-state index in [1.54, 1.807) is 33.0 Å². The molecule has 0 aliphatic rings. The first-order chi connectivity index (χ1) is 11.4. The number of aromatic nitrogens is 2. The number of halogens is 3. The van der Waals surface area contributed by atoms with Gasteiger partial charge < -0.3 is 5.32 Å². The molecule has 1 aromatic heterocycles. The van der Waals surface area contributed by atoms with Crippen LogP contribution < -0.4 is 5.32 Å². The third-order valence-corrected chi connectivity index (χ3v) is 3.89. The first-order valence-electron chi connectivity index (χ1n) is 7.39. The fraction of sp³-hybridized carbons (Fsp3) is 0.167. The van der Waals surface area contributed by atoms with Gasteiger partial charge in [-0.25, -0.2) is 13.2 Å². The minimum absolute atomic E-state index is 0.207. The predicted molar refractivity (Wildman–Crippen MR) is 87.7 cm³/mol. The minimum Gasteiger partial charge on any atom is -0.337 e. The molecule has 3 nitrogen and oxygen atoms in total. The zero-order valence-electron chi connectivity index (χ0n) is 13.5. The molecular weight excluding hydrogens is 315 g/mol. The van der Waals surface area contributed by atoms with Crippen LogP contribution in [0.5, 0.6) is 0 Å². The molecule has 0 radical (unpaired) electrons. The van der Waals surface area contributed by atoms with Crippen molar-refractivity contribution in [3.63, 3.8) is 0 Å². The summed E-state index contributed by atoms with van der Waals surface area (Å²) in [4.78, 5) is 0. The molecule has 0 unspecified atom stereocenters. The Bertz CT molecular complexity index is 896. The Hall–Kier alpha value is -2.76. The highest BCUT2D eigenvalue weighted by atomic mass is 19.1. The SMILES string of the molecule is Cc1cccc(F)c1Nc1c(-c2ccc(F)cc2F)c(C)nn1C. The average molecular weight is 331 g/mol. The minimum atomic E-state index is -0.695. The number of hydrogen-bond acceptors (Lipinski definition) is 2. The summed E-state index contributed by atoms with van der Waals surface area (Å²) < 4.78 is 43.1. The maximum atomic E-state index is 14.2. The van der Waals surface area contributed by atoms with E-state index in [0.29, 0.717) is 28.3 Å². The fourth-order valence-electron chi connectivity index (χ4n) is 2.72. The summed E-state index contributed by atoms with van der Waals surface area (Å²) in [5, 5.41) is 7.28. The van der Waals surface area contributed by atoms with Crippen molar-refractivity contribution in [1.82, 2.24) is 9.78 Å². The van der Waals surface area contributed by atoms with E-state index in [-0.39, 0.29) is 5.56 Å². The van der Waals surface area contributed by atoms with Gasteiger partial charge in [0.2, 0.25) is 0 Å². The highest BCUT2D eigenvalue weighted by molar-refractivity contribution is 5.81. The van der Waals surface area contributed by atoms with Crippen LogP contribution >= 0.6 is 0 Å². The molecule has 6 heteroatoms. The third-order valence-electron chi connectivity index (χ3n) is 3.89. The fourth-order valence-corrected chi connectivity index (χ4v) is 2.72. The summed E-state index contributed by atoms with van der Waals surface area (Å²) >= 11 is 0. The number of nitrogens with one attached hydrogen (secondary N) is 1. The second-order valence-electron chi connectivity index (χ2n) is 5.61. The van der Waals surface area contributed by atoms with Crippen LogP contribution in [-0.4, -0.2) is 9.78 Å². The highest BCUT2D eigenvalue weighted by Crippen LogP contribution is 2.36. The highest BCUT2D eigenvalue weighted by Gasteiger charge is 2.20. The Kier molecular flexibility index (Phi) is 4.05. The van der Waals surface area contributed by atoms with E-state index in [1.807, 2.05) is 0 Å². The van der Waals surface area contributed by atoms with Gasteiger partial charge in [-0.1, -0.05) is 12.1 Å². The van der Waals surface area contributed by atoms with Gasteiger partial charge in [-0.2, -0.15) is 5.10 Å². The molecule has 0 saturated heterocycles. The summed E-state index contributed by atoms with van der Waals surface area (Å²) in [5.41, 5.74) is 2.24. The molecule has 0 amide bonds. The van der Waals surface area contributed by atoms with Gasteiger partial charge in [-0.05, 0) is 37.6 Å². The zero-order valence-corrected chi connectivity index (χ0v) is 13.5. The van der Waals surface area contributed by atoms with Gasteiger partial charge in [0.25, 0.3) is 0 Å². The van der Waals surface area contributed by atoms with Gasteiger partial charge >= 0.3 is 0 Å². The summed E-state index contributed by atoms with van der Waals surface area (Å²) in [7, 11) is 1.68. The molecule has 0 saturated carbocycles. The van der Waals surface area contributed by atoms with Crippen LogP contribution in [0.15, 0.2) is 36.4 Å². The van der Waals surface area contributed by atoms with E-state index in [4.69, 9.17) is 0 Å². The van der Waals surface area contributed by atoms with Gasteiger partial charge in [-0.3, -0.25) is 4.68 Å². The number of rotatable bonds is 3. The van der Waals surface area contributed by atoms with Crippen molar-refractivity contribution in [2.75, 3.05) is 5.32 Å². The standard InChI is InChI=1S/C18H16F3N3/c1-10-5-4-6-14(20)17(10)22-18-16(11(2)23-24(18)3)13-8-7-12(19)9-15(13)21/h4-9,22H,1-3H3. The molecule has 1 heterocycles. The number of nitrogens with zero attached hydrogens (tertiary/aromatic N) is 2. The van der Waals surface area contributed by atoms with Crippen molar-refractivity contribution < 1.29 is 13.2 Å². The molecule has 3 aromatic rings. The van der Waals surface area contributed by atoms with E-state index < -0.39 is 17.5 Å². The van der Waals surface area contributed by atoms with E-state index >= 15 is 0 Å². The van der Waals surface area contributed by atoms with E-state index in [2.05, 4.69) is 10.4 Å². The number of benzene rings is 2. The van der Waals surface area contributed by atoms with E-state index in [1.165, 1.54) is 22.9 Å². The van der Waals surface area contributed by atoms with Crippen LogP contribution in [0.25, 0.3) is 11.1 Å². The Morgan fingerprint density at radius 1 is 1.00 bits per heavy atom. The molecule has 0 spiro atoms. The molecule has 0 fully saturated rings. The lowest BCUT2D eigenvalue weighted by molar-refractivity contribution is 0.585. The molecule has 24 heavy (non-hydrogen) atoms. The second-order valence-corrected chi connectivity index (χ2v) is 5.61. The Morgan fingerprint density at radius 2 is 1.75 bits per heavy atom. The summed E-state index contributed by atoms with van der Waals surface area (Å²) in [5.74, 6) is -1.33. The molecule has 0 atom stereocenters. The molecule has 3 rings (SSSR count). The van der Waals surface area contributed by atoms with Crippen molar-refractivity contribution in [3.8, 4) is 11.1 Å². The average Bonchev–Trinajstić information content (AvgIpc) is 2.77. The number of para-hydroxylation sites is 1. The van der Waals surface area contributed by atoms with Crippen LogP contribution in [-0.2, 0) is 7.05 Å². The monoisotopic (exact) mass is 331 g/mol. The summed E-state index contributed by atoms with van der Waals surface area (Å²) in [6, 6.07) is 8.09. The van der Waals surface area contributed by atoms with Crippen LogP contribution in [0.3, 0.4) is 0 Å². The third kappa shape index (κ3) is 2.75. The maximum absolute atomic E-state index is 14.2. The molecule has 2 aromatic carbocycles. The molecular formula is C18H16F3N3. The number of anilines is 2. The predicted octanol–water partition coefficient (Wildman–Crippen LogP) is 4.86. The maximum Gasteiger partial charge on any atom is 0.146 e. The largest absolute Gasteiger partial charge is 0.337 e. The first-order valence-corrected chi connectivity index (χ1v) is 7.39. The van der Waals surface area contributed by atoms with Gasteiger partial charge in [0, 0.05) is 18.7 Å². The van der Waals surface area contributed by atoms with Gasteiger partial charge in [0.15, 0.2) is 0 Å². The van der Waals surface area contributed by atoms with Gasteiger partial charge in [0.05, 0.1) is 16.9 Å².